The van der Waals surface area contributed by atoms with Crippen molar-refractivity contribution < 1.29 is 4.57 Å². The molecule has 1 aliphatic rings. The molecule has 1 N–H and O–H groups in total. The van der Waals surface area contributed by atoms with Crippen LogP contribution in [0.4, 0.5) is 5.69 Å². The van der Waals surface area contributed by atoms with E-state index in [2.05, 4.69) is 107 Å². The van der Waals surface area contributed by atoms with Crippen LogP contribution < -0.4 is 14.8 Å². The maximum absolute atomic E-state index is 4.41. The lowest BCUT2D eigenvalue weighted by Gasteiger charge is -2.20. The fourth-order valence-corrected chi connectivity index (χ4v) is 4.12. The van der Waals surface area contributed by atoms with Crippen molar-refractivity contribution in [2.24, 2.45) is 4.99 Å². The molecule has 5 nitrogen and oxygen atoms in total. The van der Waals surface area contributed by atoms with E-state index >= 15 is 0 Å². The Balaban J connectivity index is 1.45. The van der Waals surface area contributed by atoms with Gasteiger partial charge >= 0.3 is 0 Å². The molecule has 160 valence electrons. The third-order valence-corrected chi connectivity index (χ3v) is 5.98. The highest BCUT2D eigenvalue weighted by atomic mass is 32.2. The minimum Gasteiger partial charge on any atom is -0.375 e. The number of aryl methyl sites for hydroxylation is 1. The van der Waals surface area contributed by atoms with Gasteiger partial charge in [-0.25, -0.2) is 4.57 Å². The van der Waals surface area contributed by atoms with Crippen molar-refractivity contribution in [3.05, 3.63) is 59.9 Å². The molecular weight excluding hydrogens is 390 g/mol. The smallest absolute Gasteiger partial charge is 0.169 e. The van der Waals surface area contributed by atoms with Crippen LogP contribution in [-0.4, -0.2) is 63.1 Å². The molecule has 0 saturated carbocycles. The van der Waals surface area contributed by atoms with Crippen LogP contribution in [0.1, 0.15) is 17.5 Å². The molecule has 0 bridgehead atoms. The lowest BCUT2D eigenvalue weighted by atomic mass is 10.1. The fourth-order valence-electron chi connectivity index (χ4n) is 3.24. The Morgan fingerprint density at radius 3 is 2.33 bits per heavy atom. The summed E-state index contributed by atoms with van der Waals surface area (Å²) in [6, 6.07) is 13.1. The lowest BCUT2D eigenvalue weighted by Crippen LogP contribution is -2.34. The summed E-state index contributed by atoms with van der Waals surface area (Å²) < 4.78 is 2.22. The molecule has 0 amide bonds. The Morgan fingerprint density at radius 1 is 1.00 bits per heavy atom. The number of nitrogens with one attached hydrogen (secondary N) is 1. The van der Waals surface area contributed by atoms with Gasteiger partial charge in [0.05, 0.1) is 12.3 Å². The van der Waals surface area contributed by atoms with E-state index in [1.165, 1.54) is 23.2 Å². The highest BCUT2D eigenvalue weighted by Crippen LogP contribution is 2.16. The molecule has 0 atom stereocenters. The minimum atomic E-state index is 0.909. The average molecular weight is 425 g/mol. The molecule has 2 heterocycles. The number of nitrogens with zero attached hydrogens (tertiary/aromatic N) is 4. The van der Waals surface area contributed by atoms with Crippen molar-refractivity contribution in [2.45, 2.75) is 13.0 Å². The van der Waals surface area contributed by atoms with Gasteiger partial charge in [-0.15, -0.1) is 0 Å². The van der Waals surface area contributed by atoms with E-state index in [0.29, 0.717) is 0 Å². The zero-order valence-corrected chi connectivity index (χ0v) is 19.2. The molecule has 3 rings (SSSR count). The Morgan fingerprint density at radius 2 is 1.70 bits per heavy atom. The summed E-state index contributed by atoms with van der Waals surface area (Å²) in [6.07, 6.45) is 9.82. The first-order valence-corrected chi connectivity index (χ1v) is 11.6. The normalized spacial score (nSPS) is 13.7. The molecule has 6 heteroatoms. The third-order valence-electron chi connectivity index (χ3n) is 5.05. The quantitative estimate of drug-likeness (QED) is 0.594. The number of aliphatic imine (C=N–C) groups is 1. The van der Waals surface area contributed by atoms with E-state index in [4.69, 9.17) is 0 Å². The molecular formula is C24H34N5S+. The molecule has 1 aromatic carbocycles. The van der Waals surface area contributed by atoms with E-state index in [1.807, 2.05) is 0 Å². The van der Waals surface area contributed by atoms with Gasteiger partial charge in [-0.3, -0.25) is 4.99 Å². The molecule has 1 aromatic heterocycles. The van der Waals surface area contributed by atoms with Crippen molar-refractivity contribution in [3.8, 4) is 0 Å². The van der Waals surface area contributed by atoms with E-state index in [1.54, 1.807) is 11.8 Å². The number of aromatic nitrogens is 1. The van der Waals surface area contributed by atoms with Crippen LogP contribution in [0.2, 0.25) is 0 Å². The molecule has 0 spiro atoms. The van der Waals surface area contributed by atoms with Crippen LogP contribution in [0.3, 0.4) is 0 Å². The number of pyridine rings is 1. The van der Waals surface area contributed by atoms with E-state index in [9.17, 15) is 0 Å². The van der Waals surface area contributed by atoms with Crippen molar-refractivity contribution in [1.29, 1.82) is 0 Å². The van der Waals surface area contributed by atoms with Crippen molar-refractivity contribution in [3.63, 3.8) is 0 Å². The van der Waals surface area contributed by atoms with E-state index in [0.717, 1.165) is 43.6 Å². The Kier molecular flexibility index (Phi) is 8.78. The summed E-state index contributed by atoms with van der Waals surface area (Å²) in [6.45, 7) is 5.06. The largest absolute Gasteiger partial charge is 0.375 e. The van der Waals surface area contributed by atoms with Crippen LogP contribution in [0.25, 0.3) is 12.2 Å². The van der Waals surface area contributed by atoms with E-state index < -0.39 is 0 Å². The van der Waals surface area contributed by atoms with Crippen molar-refractivity contribution in [1.82, 2.24) is 10.2 Å². The van der Waals surface area contributed by atoms with Gasteiger partial charge in [0.25, 0.3) is 0 Å². The summed E-state index contributed by atoms with van der Waals surface area (Å²) in [5.41, 5.74) is 3.70. The fraction of sp³-hybridized carbons (Fsp3) is 0.417. The second kappa shape index (κ2) is 11.8. The first-order valence-electron chi connectivity index (χ1n) is 10.6. The first kappa shape index (κ1) is 22.4. The summed E-state index contributed by atoms with van der Waals surface area (Å²) >= 11 is 1.80. The average Bonchev–Trinajstić information content (AvgIpc) is 3.27. The van der Waals surface area contributed by atoms with Crippen LogP contribution in [-0.2, 0) is 6.54 Å². The highest BCUT2D eigenvalue weighted by Gasteiger charge is 2.07. The number of hydrogen-bond donors (Lipinski definition) is 1. The number of thioether (sulfide) groups is 1. The minimum absolute atomic E-state index is 0.909. The van der Waals surface area contributed by atoms with Gasteiger partial charge in [0, 0.05) is 38.0 Å². The predicted molar refractivity (Wildman–Crippen MR) is 131 cm³/mol. The van der Waals surface area contributed by atoms with Crippen molar-refractivity contribution >= 4 is 34.8 Å². The highest BCUT2D eigenvalue weighted by molar-refractivity contribution is 8.13. The molecule has 30 heavy (non-hydrogen) atoms. The maximum Gasteiger partial charge on any atom is 0.169 e. The monoisotopic (exact) mass is 424 g/mol. The molecule has 0 radical (unpaired) electrons. The van der Waals surface area contributed by atoms with E-state index in [-0.39, 0.29) is 0 Å². The summed E-state index contributed by atoms with van der Waals surface area (Å²) in [5.74, 6) is 1.03. The van der Waals surface area contributed by atoms with Crippen LogP contribution in [0.5, 0.6) is 0 Å². The maximum atomic E-state index is 4.41. The molecule has 1 aliphatic heterocycles. The predicted octanol–water partition coefficient (Wildman–Crippen LogP) is 3.22. The molecule has 0 saturated heterocycles. The molecule has 2 aromatic rings. The van der Waals surface area contributed by atoms with Crippen LogP contribution >= 0.6 is 11.8 Å². The molecule has 0 aliphatic carbocycles. The SMILES string of the molecule is CN(C)CCCN(C)c1ccc(/C=C/c2cc[n+](CCSC3=NCCN3)cc2)cc1. The standard InChI is InChI=1S/C24H34N5S/c1-27(2)15-4-16-28(3)23-9-7-21(8-10-23)5-6-22-11-17-29(18-12-22)19-20-30-24-25-13-14-26-24/h5-12,17-18H,4,13-16,19-20H2,1-3H3,(H,25,26)/q+1. The van der Waals surface area contributed by atoms with Gasteiger partial charge < -0.3 is 15.1 Å². The van der Waals surface area contributed by atoms with Crippen LogP contribution in [0.15, 0.2) is 53.8 Å². The Labute approximate surface area is 185 Å². The number of amidine groups is 1. The van der Waals surface area contributed by atoms with Gasteiger partial charge in [0.1, 0.15) is 0 Å². The summed E-state index contributed by atoms with van der Waals surface area (Å²) in [7, 11) is 6.41. The topological polar surface area (TPSA) is 34.8 Å². The first-order chi connectivity index (χ1) is 14.6. The number of hydrogen-bond acceptors (Lipinski definition) is 5. The Hall–Kier alpha value is -2.31. The van der Waals surface area contributed by atoms with Gasteiger partial charge in [-0.05, 0) is 50.3 Å². The molecule has 0 unspecified atom stereocenters. The number of rotatable bonds is 10. The Bertz CT molecular complexity index is 828. The summed E-state index contributed by atoms with van der Waals surface area (Å²) in [4.78, 5) is 8.97. The van der Waals surface area contributed by atoms with Crippen LogP contribution in [0, 0.1) is 0 Å². The zero-order chi connectivity index (χ0) is 21.2. The second-order valence-electron chi connectivity index (χ2n) is 7.83. The van der Waals surface area contributed by atoms with Gasteiger partial charge in [-0.2, -0.15) is 0 Å². The zero-order valence-electron chi connectivity index (χ0n) is 18.4. The summed E-state index contributed by atoms with van der Waals surface area (Å²) in [5, 5.41) is 4.38. The lowest BCUT2D eigenvalue weighted by molar-refractivity contribution is -0.692. The van der Waals surface area contributed by atoms with Crippen molar-refractivity contribution in [2.75, 3.05) is 58.0 Å². The van der Waals surface area contributed by atoms with Gasteiger partial charge in [-0.1, -0.05) is 36.0 Å². The third kappa shape index (κ3) is 7.50. The number of benzene rings is 1. The second-order valence-corrected chi connectivity index (χ2v) is 8.92. The molecule has 0 fully saturated rings. The number of anilines is 1. The van der Waals surface area contributed by atoms with Gasteiger partial charge in [0.15, 0.2) is 24.1 Å². The van der Waals surface area contributed by atoms with Gasteiger partial charge in [0.2, 0.25) is 0 Å².